The van der Waals surface area contributed by atoms with Gasteiger partial charge in [0.05, 0.1) is 6.04 Å². The van der Waals surface area contributed by atoms with Crippen molar-refractivity contribution in [2.45, 2.75) is 13.0 Å². The summed E-state index contributed by atoms with van der Waals surface area (Å²) < 4.78 is 7.18. The van der Waals surface area contributed by atoms with Crippen molar-refractivity contribution in [2.24, 2.45) is 5.73 Å². The molecule has 21 heavy (non-hydrogen) atoms. The molecule has 4 aromatic rings. The Labute approximate surface area is 126 Å². The van der Waals surface area contributed by atoms with E-state index in [0.717, 1.165) is 22.3 Å². The van der Waals surface area contributed by atoms with Crippen LogP contribution in [0.4, 0.5) is 0 Å². The molecular formula is C18H15NOS. The van der Waals surface area contributed by atoms with Gasteiger partial charge in [-0.1, -0.05) is 29.8 Å². The van der Waals surface area contributed by atoms with Crippen LogP contribution in [-0.4, -0.2) is 0 Å². The van der Waals surface area contributed by atoms with Crippen molar-refractivity contribution in [3.05, 3.63) is 70.8 Å². The highest BCUT2D eigenvalue weighted by Crippen LogP contribution is 2.33. The topological polar surface area (TPSA) is 39.2 Å². The Morgan fingerprint density at radius 1 is 1.05 bits per heavy atom. The average Bonchev–Trinajstić information content (AvgIpc) is 3.11. The number of thiophene rings is 1. The lowest BCUT2D eigenvalue weighted by Gasteiger charge is -2.10. The van der Waals surface area contributed by atoms with Crippen LogP contribution in [0, 0.1) is 6.92 Å². The van der Waals surface area contributed by atoms with E-state index in [9.17, 15) is 0 Å². The van der Waals surface area contributed by atoms with Crippen LogP contribution in [0.25, 0.3) is 21.1 Å². The van der Waals surface area contributed by atoms with Gasteiger partial charge >= 0.3 is 0 Å². The smallest absolute Gasteiger partial charge is 0.134 e. The molecule has 2 heterocycles. The molecule has 4 rings (SSSR count). The standard InChI is InChI=1S/C18H15NOS/c1-11-5-6-15-13(9-11)10-16(20-15)17(19)14-4-2-3-12-7-8-21-18(12)14/h2-10,17H,19H2,1H3. The third-order valence-corrected chi connectivity index (χ3v) is 4.82. The molecule has 2 nitrogen and oxygen atoms in total. The summed E-state index contributed by atoms with van der Waals surface area (Å²) in [5.41, 5.74) is 9.70. The summed E-state index contributed by atoms with van der Waals surface area (Å²) in [6, 6.07) is 16.4. The van der Waals surface area contributed by atoms with Crippen LogP contribution in [0.2, 0.25) is 0 Å². The summed E-state index contributed by atoms with van der Waals surface area (Å²) in [6.07, 6.45) is 0. The summed E-state index contributed by atoms with van der Waals surface area (Å²) in [7, 11) is 0. The third-order valence-electron chi connectivity index (χ3n) is 3.84. The van der Waals surface area contributed by atoms with E-state index in [-0.39, 0.29) is 6.04 Å². The van der Waals surface area contributed by atoms with E-state index in [2.05, 4.69) is 54.8 Å². The van der Waals surface area contributed by atoms with Crippen LogP contribution in [0.5, 0.6) is 0 Å². The number of hydrogen-bond donors (Lipinski definition) is 1. The predicted octanol–water partition coefficient (Wildman–Crippen LogP) is 5.00. The van der Waals surface area contributed by atoms with E-state index in [1.807, 2.05) is 6.07 Å². The Hall–Kier alpha value is -2.10. The van der Waals surface area contributed by atoms with Gasteiger partial charge in [-0.05, 0) is 47.5 Å². The van der Waals surface area contributed by atoms with Crippen molar-refractivity contribution >= 4 is 32.4 Å². The molecule has 0 aliphatic carbocycles. The molecule has 1 unspecified atom stereocenters. The number of aryl methyl sites for hydroxylation is 1. The van der Waals surface area contributed by atoms with E-state index in [1.54, 1.807) is 11.3 Å². The Balaban J connectivity index is 1.85. The molecule has 1 atom stereocenters. The first kappa shape index (κ1) is 12.6. The number of hydrogen-bond acceptors (Lipinski definition) is 3. The molecule has 2 aromatic carbocycles. The summed E-state index contributed by atoms with van der Waals surface area (Å²) >= 11 is 1.72. The largest absolute Gasteiger partial charge is 0.459 e. The summed E-state index contributed by atoms with van der Waals surface area (Å²) in [5, 5.41) is 4.45. The average molecular weight is 293 g/mol. The van der Waals surface area contributed by atoms with E-state index >= 15 is 0 Å². The summed E-state index contributed by atoms with van der Waals surface area (Å²) in [6.45, 7) is 2.08. The van der Waals surface area contributed by atoms with Gasteiger partial charge < -0.3 is 10.2 Å². The van der Waals surface area contributed by atoms with Gasteiger partial charge in [-0.25, -0.2) is 0 Å². The minimum Gasteiger partial charge on any atom is -0.459 e. The van der Waals surface area contributed by atoms with Crippen LogP contribution >= 0.6 is 11.3 Å². The zero-order valence-corrected chi connectivity index (χ0v) is 12.5. The molecule has 0 spiro atoms. The van der Waals surface area contributed by atoms with Gasteiger partial charge in [0.1, 0.15) is 11.3 Å². The summed E-state index contributed by atoms with van der Waals surface area (Å²) in [5.74, 6) is 0.816. The van der Waals surface area contributed by atoms with E-state index < -0.39 is 0 Å². The quantitative estimate of drug-likeness (QED) is 0.564. The molecule has 3 heteroatoms. The second-order valence-corrected chi connectivity index (χ2v) is 6.27. The molecule has 0 aliphatic rings. The molecular weight excluding hydrogens is 278 g/mol. The van der Waals surface area contributed by atoms with Crippen molar-refractivity contribution in [1.82, 2.24) is 0 Å². The van der Waals surface area contributed by atoms with E-state index in [1.165, 1.54) is 15.6 Å². The van der Waals surface area contributed by atoms with Gasteiger partial charge in [-0.15, -0.1) is 11.3 Å². The minimum absolute atomic E-state index is 0.236. The normalized spacial score (nSPS) is 13.0. The lowest BCUT2D eigenvalue weighted by Crippen LogP contribution is -2.10. The second-order valence-electron chi connectivity index (χ2n) is 5.35. The first-order valence-corrected chi connectivity index (χ1v) is 7.82. The number of benzene rings is 2. The van der Waals surface area contributed by atoms with Crippen LogP contribution < -0.4 is 5.73 Å². The van der Waals surface area contributed by atoms with Crippen molar-refractivity contribution in [3.8, 4) is 0 Å². The highest BCUT2D eigenvalue weighted by atomic mass is 32.1. The Bertz CT molecular complexity index is 935. The molecule has 0 saturated heterocycles. The fraction of sp³-hybridized carbons (Fsp3) is 0.111. The predicted molar refractivity (Wildman–Crippen MR) is 88.8 cm³/mol. The van der Waals surface area contributed by atoms with Crippen molar-refractivity contribution in [2.75, 3.05) is 0 Å². The monoisotopic (exact) mass is 293 g/mol. The Kier molecular flexibility index (Phi) is 2.84. The number of rotatable bonds is 2. The maximum Gasteiger partial charge on any atom is 0.134 e. The molecule has 104 valence electrons. The number of fused-ring (bicyclic) bond motifs is 2. The first-order chi connectivity index (χ1) is 10.2. The second kappa shape index (κ2) is 4.72. The number of nitrogens with two attached hydrogens (primary N) is 1. The van der Waals surface area contributed by atoms with Gasteiger partial charge in [0, 0.05) is 10.1 Å². The van der Waals surface area contributed by atoms with E-state index in [4.69, 9.17) is 10.2 Å². The first-order valence-electron chi connectivity index (χ1n) is 6.94. The maximum atomic E-state index is 6.46. The van der Waals surface area contributed by atoms with Crippen molar-refractivity contribution < 1.29 is 4.42 Å². The Morgan fingerprint density at radius 2 is 1.95 bits per heavy atom. The zero-order valence-electron chi connectivity index (χ0n) is 11.7. The van der Waals surface area contributed by atoms with Gasteiger partial charge in [-0.2, -0.15) is 0 Å². The minimum atomic E-state index is -0.236. The highest BCUT2D eigenvalue weighted by Gasteiger charge is 2.17. The summed E-state index contributed by atoms with van der Waals surface area (Å²) in [4.78, 5) is 0. The number of furan rings is 1. The van der Waals surface area contributed by atoms with Gasteiger partial charge in [0.15, 0.2) is 0 Å². The van der Waals surface area contributed by atoms with E-state index in [0.29, 0.717) is 0 Å². The maximum absolute atomic E-state index is 6.46. The molecule has 0 amide bonds. The van der Waals surface area contributed by atoms with Crippen molar-refractivity contribution in [1.29, 1.82) is 0 Å². The molecule has 0 saturated carbocycles. The van der Waals surface area contributed by atoms with Crippen molar-refractivity contribution in [3.63, 3.8) is 0 Å². The third kappa shape index (κ3) is 2.06. The molecule has 0 fully saturated rings. The molecule has 2 N–H and O–H groups in total. The zero-order chi connectivity index (χ0) is 14.4. The fourth-order valence-corrected chi connectivity index (χ4v) is 3.70. The SMILES string of the molecule is Cc1ccc2oc(C(N)c3cccc4ccsc34)cc2c1. The van der Waals surface area contributed by atoms with Crippen LogP contribution in [-0.2, 0) is 0 Å². The lowest BCUT2D eigenvalue weighted by molar-refractivity contribution is 0.526. The molecule has 2 aromatic heterocycles. The highest BCUT2D eigenvalue weighted by molar-refractivity contribution is 7.17. The van der Waals surface area contributed by atoms with Crippen LogP contribution in [0.15, 0.2) is 58.3 Å². The fourth-order valence-electron chi connectivity index (χ4n) is 2.75. The van der Waals surface area contributed by atoms with Gasteiger partial charge in [0.25, 0.3) is 0 Å². The Morgan fingerprint density at radius 3 is 2.86 bits per heavy atom. The molecule has 0 radical (unpaired) electrons. The van der Waals surface area contributed by atoms with Gasteiger partial charge in [0.2, 0.25) is 0 Å². The lowest BCUT2D eigenvalue weighted by atomic mass is 10.0. The van der Waals surface area contributed by atoms with Crippen LogP contribution in [0.1, 0.15) is 22.9 Å². The van der Waals surface area contributed by atoms with Crippen LogP contribution in [0.3, 0.4) is 0 Å². The van der Waals surface area contributed by atoms with Gasteiger partial charge in [-0.3, -0.25) is 0 Å². The molecule has 0 bridgehead atoms. The molecule has 0 aliphatic heterocycles.